The maximum atomic E-state index is 13.6. The van der Waals surface area contributed by atoms with Crippen LogP contribution in [0.3, 0.4) is 0 Å². The summed E-state index contributed by atoms with van der Waals surface area (Å²) in [5.41, 5.74) is 7.56. The SMILES string of the molecule is NCCc1cc(-c2c(Cl)cccc2Cl)ccc1F. The standard InChI is InChI=1S/C14H12Cl2FN/c15-11-2-1-3-12(16)14(11)10-4-5-13(17)9(8-10)6-7-18/h1-5,8H,6-7,18H2. The van der Waals surface area contributed by atoms with Crippen LogP contribution in [0.4, 0.5) is 4.39 Å². The highest BCUT2D eigenvalue weighted by Crippen LogP contribution is 2.35. The van der Waals surface area contributed by atoms with E-state index in [1.54, 1.807) is 30.3 Å². The second-order valence-corrected chi connectivity index (χ2v) is 4.76. The van der Waals surface area contributed by atoms with Gasteiger partial charge in [0, 0.05) is 15.6 Å². The third-order valence-electron chi connectivity index (χ3n) is 2.71. The second kappa shape index (κ2) is 5.70. The van der Waals surface area contributed by atoms with Gasteiger partial charge in [-0.15, -0.1) is 0 Å². The molecule has 2 N–H and O–H groups in total. The average molecular weight is 284 g/mol. The average Bonchev–Trinajstić information content (AvgIpc) is 2.33. The predicted octanol–water partition coefficient (Wildman–Crippen LogP) is 4.30. The summed E-state index contributed by atoms with van der Waals surface area (Å²) in [6.45, 7) is 0.399. The van der Waals surface area contributed by atoms with Crippen LogP contribution in [0.15, 0.2) is 36.4 Å². The van der Waals surface area contributed by atoms with E-state index in [0.717, 1.165) is 11.1 Å². The smallest absolute Gasteiger partial charge is 0.126 e. The molecule has 2 aromatic rings. The summed E-state index contributed by atoms with van der Waals surface area (Å²) < 4.78 is 13.6. The summed E-state index contributed by atoms with van der Waals surface area (Å²) in [7, 11) is 0. The van der Waals surface area contributed by atoms with Crippen LogP contribution in [-0.4, -0.2) is 6.54 Å². The summed E-state index contributed by atoms with van der Waals surface area (Å²) >= 11 is 12.3. The lowest BCUT2D eigenvalue weighted by atomic mass is 10.0. The van der Waals surface area contributed by atoms with Crippen molar-refractivity contribution in [2.45, 2.75) is 6.42 Å². The number of hydrogen-bond donors (Lipinski definition) is 1. The van der Waals surface area contributed by atoms with E-state index < -0.39 is 0 Å². The van der Waals surface area contributed by atoms with Crippen molar-refractivity contribution in [2.75, 3.05) is 6.54 Å². The lowest BCUT2D eigenvalue weighted by molar-refractivity contribution is 0.610. The van der Waals surface area contributed by atoms with Crippen molar-refractivity contribution in [1.29, 1.82) is 0 Å². The van der Waals surface area contributed by atoms with Gasteiger partial charge in [0.25, 0.3) is 0 Å². The van der Waals surface area contributed by atoms with Gasteiger partial charge in [-0.25, -0.2) is 4.39 Å². The Morgan fingerprint density at radius 2 is 1.72 bits per heavy atom. The molecular weight excluding hydrogens is 272 g/mol. The van der Waals surface area contributed by atoms with Gasteiger partial charge in [-0.3, -0.25) is 0 Å². The van der Waals surface area contributed by atoms with Crippen LogP contribution in [0.2, 0.25) is 10.0 Å². The summed E-state index contributed by atoms with van der Waals surface area (Å²) in [5.74, 6) is -0.257. The Balaban J connectivity index is 2.54. The molecule has 2 aromatic carbocycles. The van der Waals surface area contributed by atoms with Crippen molar-refractivity contribution < 1.29 is 4.39 Å². The molecule has 0 atom stereocenters. The largest absolute Gasteiger partial charge is 0.330 e. The van der Waals surface area contributed by atoms with Gasteiger partial charge < -0.3 is 5.73 Å². The van der Waals surface area contributed by atoms with Gasteiger partial charge in [0.05, 0.1) is 0 Å². The van der Waals surface area contributed by atoms with Gasteiger partial charge in [0.1, 0.15) is 5.82 Å². The molecule has 0 radical (unpaired) electrons. The topological polar surface area (TPSA) is 26.0 Å². The Morgan fingerprint density at radius 3 is 2.33 bits per heavy atom. The zero-order chi connectivity index (χ0) is 13.1. The van der Waals surface area contributed by atoms with Gasteiger partial charge in [0.2, 0.25) is 0 Å². The summed E-state index contributed by atoms with van der Waals surface area (Å²) in [4.78, 5) is 0. The minimum absolute atomic E-state index is 0.257. The molecule has 0 saturated heterocycles. The van der Waals surface area contributed by atoms with Crippen molar-refractivity contribution in [3.05, 3.63) is 57.8 Å². The Bertz CT molecular complexity index is 549. The van der Waals surface area contributed by atoms with Gasteiger partial charge >= 0.3 is 0 Å². The molecule has 0 aromatic heterocycles. The lowest BCUT2D eigenvalue weighted by Gasteiger charge is -2.09. The molecule has 18 heavy (non-hydrogen) atoms. The molecule has 0 heterocycles. The highest BCUT2D eigenvalue weighted by atomic mass is 35.5. The Kier molecular flexibility index (Phi) is 4.23. The third-order valence-corrected chi connectivity index (χ3v) is 3.34. The fourth-order valence-electron chi connectivity index (χ4n) is 1.85. The van der Waals surface area contributed by atoms with Crippen LogP contribution in [0.5, 0.6) is 0 Å². The molecule has 0 unspecified atom stereocenters. The monoisotopic (exact) mass is 283 g/mol. The van der Waals surface area contributed by atoms with E-state index in [-0.39, 0.29) is 5.82 Å². The number of benzene rings is 2. The molecule has 0 saturated carbocycles. The number of rotatable bonds is 3. The maximum Gasteiger partial charge on any atom is 0.126 e. The molecule has 0 fully saturated rings. The highest BCUT2D eigenvalue weighted by molar-refractivity contribution is 6.39. The van der Waals surface area contributed by atoms with Crippen LogP contribution in [0.1, 0.15) is 5.56 Å². The number of nitrogens with two attached hydrogens (primary N) is 1. The van der Waals surface area contributed by atoms with E-state index >= 15 is 0 Å². The molecule has 0 amide bonds. The zero-order valence-corrected chi connectivity index (χ0v) is 11.1. The van der Waals surface area contributed by atoms with E-state index in [1.165, 1.54) is 6.07 Å². The Hall–Kier alpha value is -1.09. The van der Waals surface area contributed by atoms with E-state index in [9.17, 15) is 4.39 Å². The minimum Gasteiger partial charge on any atom is -0.330 e. The van der Waals surface area contributed by atoms with Gasteiger partial charge in [-0.2, -0.15) is 0 Å². The van der Waals surface area contributed by atoms with Gasteiger partial charge in [-0.1, -0.05) is 35.3 Å². The molecule has 0 aliphatic carbocycles. The van der Waals surface area contributed by atoms with E-state index in [4.69, 9.17) is 28.9 Å². The Labute approximate surface area is 115 Å². The fraction of sp³-hybridized carbons (Fsp3) is 0.143. The molecule has 1 nitrogen and oxygen atoms in total. The number of halogens is 3. The molecule has 0 spiro atoms. The van der Waals surface area contributed by atoms with Crippen molar-refractivity contribution in [1.82, 2.24) is 0 Å². The maximum absolute atomic E-state index is 13.6. The van der Waals surface area contributed by atoms with E-state index in [0.29, 0.717) is 28.6 Å². The molecule has 0 aliphatic heterocycles. The van der Waals surface area contributed by atoms with Crippen molar-refractivity contribution >= 4 is 23.2 Å². The molecule has 0 bridgehead atoms. The molecule has 0 aliphatic rings. The van der Waals surface area contributed by atoms with Crippen LogP contribution in [-0.2, 0) is 6.42 Å². The first-order valence-electron chi connectivity index (χ1n) is 5.56. The van der Waals surface area contributed by atoms with Gasteiger partial charge in [-0.05, 0) is 48.4 Å². The fourth-order valence-corrected chi connectivity index (χ4v) is 2.47. The Morgan fingerprint density at radius 1 is 1.06 bits per heavy atom. The highest BCUT2D eigenvalue weighted by Gasteiger charge is 2.10. The quantitative estimate of drug-likeness (QED) is 0.893. The third kappa shape index (κ3) is 2.66. The summed E-state index contributed by atoms with van der Waals surface area (Å²) in [5, 5.41) is 1.10. The molecular formula is C14H12Cl2FN. The lowest BCUT2D eigenvalue weighted by Crippen LogP contribution is -2.04. The zero-order valence-electron chi connectivity index (χ0n) is 9.59. The van der Waals surface area contributed by atoms with E-state index in [2.05, 4.69) is 0 Å². The summed E-state index contributed by atoms with van der Waals surface area (Å²) in [6, 6.07) is 10.1. The van der Waals surface area contributed by atoms with Crippen LogP contribution >= 0.6 is 23.2 Å². The molecule has 4 heteroatoms. The second-order valence-electron chi connectivity index (χ2n) is 3.94. The normalized spacial score (nSPS) is 10.7. The predicted molar refractivity (Wildman–Crippen MR) is 74.6 cm³/mol. The first kappa shape index (κ1) is 13.3. The van der Waals surface area contributed by atoms with Crippen LogP contribution in [0, 0.1) is 5.82 Å². The van der Waals surface area contributed by atoms with Crippen molar-refractivity contribution in [2.24, 2.45) is 5.73 Å². The first-order valence-corrected chi connectivity index (χ1v) is 6.32. The van der Waals surface area contributed by atoms with Crippen molar-refractivity contribution in [3.63, 3.8) is 0 Å². The summed E-state index contributed by atoms with van der Waals surface area (Å²) in [6.07, 6.45) is 0.488. The minimum atomic E-state index is -0.257. The molecule has 2 rings (SSSR count). The first-order chi connectivity index (χ1) is 8.63. The van der Waals surface area contributed by atoms with Crippen LogP contribution < -0.4 is 5.73 Å². The van der Waals surface area contributed by atoms with Crippen molar-refractivity contribution in [3.8, 4) is 11.1 Å². The number of hydrogen-bond acceptors (Lipinski definition) is 1. The van der Waals surface area contributed by atoms with E-state index in [1.807, 2.05) is 0 Å². The van der Waals surface area contributed by atoms with Crippen LogP contribution in [0.25, 0.3) is 11.1 Å². The molecule has 94 valence electrons. The van der Waals surface area contributed by atoms with Gasteiger partial charge in [0.15, 0.2) is 0 Å².